The first-order chi connectivity index (χ1) is 26.2. The van der Waals surface area contributed by atoms with Crippen LogP contribution in [0.2, 0.25) is 0 Å². The van der Waals surface area contributed by atoms with Crippen LogP contribution in [0, 0.1) is 0 Å². The highest BCUT2D eigenvalue weighted by molar-refractivity contribution is 7.47. The lowest BCUT2D eigenvalue weighted by atomic mass is 10.1. The van der Waals surface area contributed by atoms with Gasteiger partial charge in [-0.3, -0.25) is 18.6 Å². The highest BCUT2D eigenvalue weighted by Crippen LogP contribution is 2.43. The summed E-state index contributed by atoms with van der Waals surface area (Å²) in [7, 11) is -4.63. The van der Waals surface area contributed by atoms with Crippen molar-refractivity contribution in [2.45, 2.75) is 161 Å². The molecule has 0 saturated heterocycles. The number of hydrogen-bond donors (Lipinski definition) is 3. The fourth-order valence-corrected chi connectivity index (χ4v) is 5.70. The molecule has 0 aromatic rings. The van der Waals surface area contributed by atoms with Crippen LogP contribution in [0.1, 0.15) is 149 Å². The van der Waals surface area contributed by atoms with Crippen LogP contribution >= 0.6 is 7.82 Å². The Bertz CT molecular complexity index is 1130. The van der Waals surface area contributed by atoms with Gasteiger partial charge in [0.15, 0.2) is 6.10 Å². The van der Waals surface area contributed by atoms with E-state index < -0.39 is 51.8 Å². The van der Waals surface area contributed by atoms with Gasteiger partial charge in [-0.15, -0.1) is 0 Å². The summed E-state index contributed by atoms with van der Waals surface area (Å²) in [4.78, 5) is 34.8. The zero-order chi connectivity index (χ0) is 39.8. The van der Waals surface area contributed by atoms with Crippen molar-refractivity contribution in [3.63, 3.8) is 0 Å². The van der Waals surface area contributed by atoms with E-state index in [4.69, 9.17) is 19.1 Å². The van der Waals surface area contributed by atoms with Crippen LogP contribution in [0.25, 0.3) is 0 Å². The number of aliphatic hydroxyl groups excluding tert-OH is 2. The molecule has 1 unspecified atom stereocenters. The maximum absolute atomic E-state index is 12.5. The number of rotatable bonds is 37. The van der Waals surface area contributed by atoms with Gasteiger partial charge in [0.05, 0.1) is 19.8 Å². The fourth-order valence-electron chi connectivity index (χ4n) is 4.91. The van der Waals surface area contributed by atoms with E-state index in [0.717, 1.165) is 64.2 Å². The molecule has 0 aliphatic rings. The lowest BCUT2D eigenvalue weighted by Gasteiger charge is -2.20. The van der Waals surface area contributed by atoms with Crippen molar-refractivity contribution in [1.29, 1.82) is 0 Å². The summed E-state index contributed by atoms with van der Waals surface area (Å²) >= 11 is 0. The lowest BCUT2D eigenvalue weighted by Crippen LogP contribution is -2.29. The predicted octanol–water partition coefficient (Wildman–Crippen LogP) is 10.5. The predicted molar refractivity (Wildman–Crippen MR) is 219 cm³/mol. The van der Waals surface area contributed by atoms with E-state index in [0.29, 0.717) is 12.8 Å². The first kappa shape index (κ1) is 51.4. The SMILES string of the molecule is CCCCC/C=C/C/C=C/C/C=C/C/C=C/C/C=C/CCC(=O)OC[C@@H](COP(=O)(O)OC[C@H](O)CO)OC(=O)CCCCCCC/C=C/CCCCC. The van der Waals surface area contributed by atoms with Gasteiger partial charge < -0.3 is 24.6 Å². The third-order valence-corrected chi connectivity index (χ3v) is 9.05. The molecule has 3 N–H and O–H groups in total. The molecule has 310 valence electrons. The van der Waals surface area contributed by atoms with Gasteiger partial charge in [-0.1, -0.05) is 132 Å². The number of carbonyl (C=O) groups excluding carboxylic acids is 2. The van der Waals surface area contributed by atoms with Crippen molar-refractivity contribution >= 4 is 19.8 Å². The van der Waals surface area contributed by atoms with E-state index in [1.165, 1.54) is 44.9 Å². The summed E-state index contributed by atoms with van der Waals surface area (Å²) in [5.41, 5.74) is 0. The zero-order valence-corrected chi connectivity index (χ0v) is 34.3. The van der Waals surface area contributed by atoms with Gasteiger partial charge >= 0.3 is 19.8 Å². The molecule has 0 rings (SSSR count). The smallest absolute Gasteiger partial charge is 0.462 e. The highest BCUT2D eigenvalue weighted by Gasteiger charge is 2.27. The number of hydrogen-bond acceptors (Lipinski definition) is 9. The lowest BCUT2D eigenvalue weighted by molar-refractivity contribution is -0.161. The average Bonchev–Trinajstić information content (AvgIpc) is 3.16. The molecule has 0 heterocycles. The second-order valence-electron chi connectivity index (χ2n) is 13.3. The molecule has 3 atom stereocenters. The number of carbonyl (C=O) groups is 2. The van der Waals surface area contributed by atoms with Crippen molar-refractivity contribution in [3.8, 4) is 0 Å². The molecular weight excluding hydrogens is 707 g/mol. The Kier molecular flexibility index (Phi) is 36.8. The molecule has 0 amide bonds. The summed E-state index contributed by atoms with van der Waals surface area (Å²) in [6, 6.07) is 0. The number of ether oxygens (including phenoxy) is 2. The number of unbranched alkanes of at least 4 members (excludes halogenated alkanes) is 11. The Balaban J connectivity index is 4.47. The van der Waals surface area contributed by atoms with E-state index >= 15 is 0 Å². The topological polar surface area (TPSA) is 149 Å². The highest BCUT2D eigenvalue weighted by atomic mass is 31.2. The Morgan fingerprint density at radius 1 is 0.556 bits per heavy atom. The van der Waals surface area contributed by atoms with Gasteiger partial charge in [-0.25, -0.2) is 4.57 Å². The molecule has 0 aliphatic carbocycles. The zero-order valence-electron chi connectivity index (χ0n) is 33.4. The average molecular weight is 781 g/mol. The Labute approximate surface area is 327 Å². The molecular formula is C43H73O10P. The molecule has 0 aliphatic heterocycles. The summed E-state index contributed by atoms with van der Waals surface area (Å²) in [6.45, 7) is 2.20. The normalized spacial score (nSPS) is 14.7. The quantitative estimate of drug-likeness (QED) is 0.0241. The summed E-state index contributed by atoms with van der Waals surface area (Å²) in [6.07, 6.45) is 43.1. The van der Waals surface area contributed by atoms with Crippen LogP contribution < -0.4 is 0 Å². The van der Waals surface area contributed by atoms with Gasteiger partial charge in [0, 0.05) is 12.8 Å². The third kappa shape index (κ3) is 37.7. The number of phosphoric acid groups is 1. The van der Waals surface area contributed by atoms with Crippen molar-refractivity contribution in [3.05, 3.63) is 72.9 Å². The van der Waals surface area contributed by atoms with E-state index in [9.17, 15) is 24.2 Å². The molecule has 10 nitrogen and oxygen atoms in total. The molecule has 0 saturated carbocycles. The summed E-state index contributed by atoms with van der Waals surface area (Å²) in [5, 5.41) is 18.3. The number of phosphoric ester groups is 1. The maximum atomic E-state index is 12.5. The Hall–Kier alpha value is -2.59. The van der Waals surface area contributed by atoms with Crippen LogP contribution in [0.5, 0.6) is 0 Å². The van der Waals surface area contributed by atoms with Crippen molar-refractivity contribution in [2.24, 2.45) is 0 Å². The minimum Gasteiger partial charge on any atom is -0.462 e. The summed E-state index contributed by atoms with van der Waals surface area (Å²) in [5.74, 6) is -1.04. The fraction of sp³-hybridized carbons (Fsp3) is 0.674. The molecule has 11 heteroatoms. The largest absolute Gasteiger partial charge is 0.472 e. The molecule has 0 spiro atoms. The third-order valence-electron chi connectivity index (χ3n) is 8.10. The van der Waals surface area contributed by atoms with Crippen LogP contribution in [-0.4, -0.2) is 65.7 Å². The van der Waals surface area contributed by atoms with Gasteiger partial charge in [0.1, 0.15) is 12.7 Å². The van der Waals surface area contributed by atoms with Crippen molar-refractivity contribution in [1.82, 2.24) is 0 Å². The van der Waals surface area contributed by atoms with Crippen LogP contribution in [-0.2, 0) is 32.7 Å². The molecule has 0 bridgehead atoms. The van der Waals surface area contributed by atoms with Gasteiger partial charge in [-0.05, 0) is 77.0 Å². The van der Waals surface area contributed by atoms with Gasteiger partial charge in [0.2, 0.25) is 0 Å². The number of aliphatic hydroxyl groups is 2. The monoisotopic (exact) mass is 780 g/mol. The molecule has 0 aromatic heterocycles. The van der Waals surface area contributed by atoms with Gasteiger partial charge in [-0.2, -0.15) is 0 Å². The van der Waals surface area contributed by atoms with Crippen LogP contribution in [0.4, 0.5) is 0 Å². The first-order valence-corrected chi connectivity index (χ1v) is 21.9. The number of allylic oxidation sites excluding steroid dienone is 12. The minimum atomic E-state index is -4.63. The first-order valence-electron chi connectivity index (χ1n) is 20.4. The van der Waals surface area contributed by atoms with Crippen molar-refractivity contribution in [2.75, 3.05) is 26.4 Å². The van der Waals surface area contributed by atoms with E-state index in [1.54, 1.807) is 0 Å². The van der Waals surface area contributed by atoms with E-state index in [-0.39, 0.29) is 19.4 Å². The van der Waals surface area contributed by atoms with Gasteiger partial charge in [0.25, 0.3) is 0 Å². The van der Waals surface area contributed by atoms with E-state index in [2.05, 4.69) is 79.1 Å². The second-order valence-corrected chi connectivity index (χ2v) is 14.8. The van der Waals surface area contributed by atoms with Crippen molar-refractivity contribution < 1.29 is 47.8 Å². The second kappa shape index (κ2) is 38.7. The molecule has 0 aromatic carbocycles. The minimum absolute atomic E-state index is 0.113. The number of esters is 2. The molecule has 54 heavy (non-hydrogen) atoms. The Morgan fingerprint density at radius 3 is 1.54 bits per heavy atom. The summed E-state index contributed by atoms with van der Waals surface area (Å²) < 4.78 is 32.5. The van der Waals surface area contributed by atoms with E-state index in [1.807, 2.05) is 12.2 Å². The Morgan fingerprint density at radius 2 is 1.00 bits per heavy atom. The maximum Gasteiger partial charge on any atom is 0.472 e. The molecule has 0 fully saturated rings. The standard InChI is InChI=1S/C43H73O10P/c1-3-5-7-9-11-13-15-17-18-19-20-21-22-23-25-26-28-30-32-34-42(46)50-38-41(39-52-54(48,49)51-37-40(45)36-44)53-43(47)35-33-31-29-27-24-16-14-12-10-8-6-4-2/h11-14,17-18,20-21,23,25,28,30,40-41,44-45H,3-10,15-16,19,22,24,26-27,29,31-39H2,1-2H3,(H,48,49)/b13-11+,14-12+,18-17+,21-20+,25-23+,30-28+/t40-,41+/m1/s1. The van der Waals surface area contributed by atoms with Crippen LogP contribution in [0.15, 0.2) is 72.9 Å². The van der Waals surface area contributed by atoms with Crippen LogP contribution in [0.3, 0.4) is 0 Å². The molecule has 0 radical (unpaired) electrons.